The van der Waals surface area contributed by atoms with Gasteiger partial charge in [0.1, 0.15) is 0 Å². The lowest BCUT2D eigenvalue weighted by Gasteiger charge is -2.36. The molecule has 0 spiro atoms. The fraction of sp³-hybridized carbons (Fsp3) is 0.846. The summed E-state index contributed by atoms with van der Waals surface area (Å²) in [5.74, 6) is 1.36. The first-order chi connectivity index (χ1) is 14.0. The summed E-state index contributed by atoms with van der Waals surface area (Å²) < 4.78 is 15.1. The Morgan fingerprint density at radius 1 is 0.667 bits per heavy atom. The van der Waals surface area contributed by atoms with E-state index in [1.807, 2.05) is 0 Å². The molecule has 4 heteroatoms. The van der Waals surface area contributed by atoms with E-state index in [0.29, 0.717) is 23.9 Å². The summed E-state index contributed by atoms with van der Waals surface area (Å²) >= 11 is 0. The van der Waals surface area contributed by atoms with E-state index in [4.69, 9.17) is 9.05 Å². The van der Waals surface area contributed by atoms with Crippen molar-refractivity contribution in [3.8, 4) is 0 Å². The lowest BCUT2D eigenvalue weighted by molar-refractivity contribution is 0.161. The average molecular weight is 442 g/mol. The number of rotatable bonds is 17. The number of hydrogen-bond donors (Lipinski definition) is 0. The van der Waals surface area contributed by atoms with E-state index in [1.165, 1.54) is 36.8 Å². The highest BCUT2D eigenvalue weighted by Crippen LogP contribution is 2.46. The SMILES string of the molecule is CC(C)=CCCC(C)CCOP(OCCC(C)CCC=C(C)C)N(C(C)C)C(C)C. The van der Waals surface area contributed by atoms with Gasteiger partial charge in [-0.05, 0) is 106 Å². The van der Waals surface area contributed by atoms with Crippen LogP contribution in [0.5, 0.6) is 0 Å². The molecular weight excluding hydrogens is 389 g/mol. The van der Waals surface area contributed by atoms with Gasteiger partial charge in [-0.3, -0.25) is 0 Å². The maximum absolute atomic E-state index is 6.36. The van der Waals surface area contributed by atoms with E-state index in [2.05, 4.69) is 86.1 Å². The fourth-order valence-corrected chi connectivity index (χ4v) is 5.03. The van der Waals surface area contributed by atoms with Crippen molar-refractivity contribution in [3.05, 3.63) is 23.3 Å². The van der Waals surface area contributed by atoms with Crippen LogP contribution < -0.4 is 0 Å². The maximum Gasteiger partial charge on any atom is 0.259 e. The van der Waals surface area contributed by atoms with Crippen LogP contribution in [0.4, 0.5) is 0 Å². The van der Waals surface area contributed by atoms with Gasteiger partial charge in [-0.15, -0.1) is 0 Å². The van der Waals surface area contributed by atoms with Gasteiger partial charge in [0.25, 0.3) is 8.53 Å². The summed E-state index contributed by atoms with van der Waals surface area (Å²) in [6.07, 6.45) is 11.7. The first-order valence-electron chi connectivity index (χ1n) is 12.1. The third kappa shape index (κ3) is 15.6. The second-order valence-corrected chi connectivity index (χ2v) is 11.4. The zero-order valence-corrected chi connectivity index (χ0v) is 22.7. The van der Waals surface area contributed by atoms with Crippen LogP contribution in [-0.4, -0.2) is 30.0 Å². The smallest absolute Gasteiger partial charge is 0.259 e. The molecule has 0 bridgehead atoms. The predicted molar refractivity (Wildman–Crippen MR) is 136 cm³/mol. The largest absolute Gasteiger partial charge is 0.322 e. The van der Waals surface area contributed by atoms with Crippen molar-refractivity contribution in [1.29, 1.82) is 0 Å². The van der Waals surface area contributed by atoms with E-state index >= 15 is 0 Å². The van der Waals surface area contributed by atoms with Crippen LogP contribution in [0.1, 0.15) is 108 Å². The lowest BCUT2D eigenvalue weighted by Crippen LogP contribution is -2.33. The second kappa shape index (κ2) is 17.4. The summed E-state index contributed by atoms with van der Waals surface area (Å²) in [6, 6.07) is 0.836. The standard InChI is InChI=1S/C26H52NO2P/c1-21(2)13-11-15-25(9)17-19-28-30(27(23(5)6)24(7)8)29-20-18-26(10)16-12-14-22(3)4/h13-14,23-26H,11-12,15-20H2,1-10H3. The molecule has 0 saturated heterocycles. The molecule has 2 atom stereocenters. The van der Waals surface area contributed by atoms with Crippen molar-refractivity contribution in [1.82, 2.24) is 4.67 Å². The minimum absolute atomic E-state index is 0.418. The van der Waals surface area contributed by atoms with Gasteiger partial charge in [0.15, 0.2) is 0 Å². The van der Waals surface area contributed by atoms with Crippen LogP contribution in [0.2, 0.25) is 0 Å². The Morgan fingerprint density at radius 2 is 1.03 bits per heavy atom. The lowest BCUT2D eigenvalue weighted by atomic mass is 10.0. The fourth-order valence-electron chi connectivity index (χ4n) is 3.41. The summed E-state index contributed by atoms with van der Waals surface area (Å²) in [5.41, 5.74) is 2.82. The Hall–Kier alpha value is -0.210. The highest BCUT2D eigenvalue weighted by molar-refractivity contribution is 7.44. The van der Waals surface area contributed by atoms with Crippen molar-refractivity contribution in [2.75, 3.05) is 13.2 Å². The van der Waals surface area contributed by atoms with Crippen LogP contribution in [0, 0.1) is 11.8 Å². The Labute approximate surface area is 190 Å². The third-order valence-corrected chi connectivity index (χ3v) is 7.40. The summed E-state index contributed by atoms with van der Waals surface area (Å²) in [5, 5.41) is 0. The van der Waals surface area contributed by atoms with Crippen molar-refractivity contribution in [2.45, 2.75) is 120 Å². The molecule has 0 amide bonds. The van der Waals surface area contributed by atoms with Gasteiger partial charge < -0.3 is 9.05 Å². The number of nitrogens with zero attached hydrogens (tertiary/aromatic N) is 1. The van der Waals surface area contributed by atoms with Gasteiger partial charge in [0, 0.05) is 12.1 Å². The summed E-state index contributed by atoms with van der Waals surface area (Å²) in [6.45, 7) is 23.9. The van der Waals surface area contributed by atoms with E-state index < -0.39 is 8.53 Å². The van der Waals surface area contributed by atoms with Crippen molar-refractivity contribution >= 4 is 8.53 Å². The van der Waals surface area contributed by atoms with Gasteiger partial charge in [0.05, 0.1) is 13.2 Å². The molecule has 0 radical (unpaired) electrons. The number of hydrogen-bond acceptors (Lipinski definition) is 3. The van der Waals surface area contributed by atoms with Crippen LogP contribution >= 0.6 is 8.53 Å². The summed E-state index contributed by atoms with van der Waals surface area (Å²) in [7, 11) is -1.00. The van der Waals surface area contributed by atoms with Gasteiger partial charge in [-0.25, -0.2) is 4.67 Å². The molecule has 0 aliphatic carbocycles. The number of allylic oxidation sites excluding steroid dienone is 4. The highest BCUT2D eigenvalue weighted by Gasteiger charge is 2.27. The van der Waals surface area contributed by atoms with Crippen molar-refractivity contribution < 1.29 is 9.05 Å². The van der Waals surface area contributed by atoms with Gasteiger partial charge in [-0.2, -0.15) is 0 Å². The molecule has 2 unspecified atom stereocenters. The molecule has 178 valence electrons. The first-order valence-corrected chi connectivity index (χ1v) is 13.3. The molecule has 0 aromatic heterocycles. The quantitative estimate of drug-likeness (QED) is 0.166. The zero-order chi connectivity index (χ0) is 23.1. The molecule has 0 aliphatic rings. The van der Waals surface area contributed by atoms with E-state index in [0.717, 1.165) is 26.1 Å². The van der Waals surface area contributed by atoms with Crippen molar-refractivity contribution in [3.63, 3.8) is 0 Å². The van der Waals surface area contributed by atoms with Crippen LogP contribution in [0.15, 0.2) is 23.3 Å². The van der Waals surface area contributed by atoms with Crippen LogP contribution in [0.3, 0.4) is 0 Å². The molecule has 30 heavy (non-hydrogen) atoms. The van der Waals surface area contributed by atoms with Crippen LogP contribution in [0.25, 0.3) is 0 Å². The Balaban J connectivity index is 4.58. The molecule has 0 fully saturated rings. The predicted octanol–water partition coefficient (Wildman–Crippen LogP) is 8.91. The molecule has 0 aromatic rings. The molecule has 3 nitrogen and oxygen atoms in total. The maximum atomic E-state index is 6.36. The minimum Gasteiger partial charge on any atom is -0.322 e. The molecule has 0 rings (SSSR count). The average Bonchev–Trinajstić information content (AvgIpc) is 2.60. The van der Waals surface area contributed by atoms with E-state index in [9.17, 15) is 0 Å². The monoisotopic (exact) mass is 441 g/mol. The highest BCUT2D eigenvalue weighted by atomic mass is 31.2. The molecule has 0 saturated carbocycles. The van der Waals surface area contributed by atoms with E-state index in [-0.39, 0.29) is 0 Å². The normalized spacial score (nSPS) is 14.8. The van der Waals surface area contributed by atoms with Gasteiger partial charge >= 0.3 is 0 Å². The Kier molecular flexibility index (Phi) is 17.2. The minimum atomic E-state index is -1.00. The Morgan fingerprint density at radius 3 is 1.33 bits per heavy atom. The molecule has 0 heterocycles. The Bertz CT molecular complexity index is 437. The van der Waals surface area contributed by atoms with Crippen LogP contribution in [-0.2, 0) is 9.05 Å². The molecule has 0 N–H and O–H groups in total. The third-order valence-electron chi connectivity index (χ3n) is 5.30. The zero-order valence-electron chi connectivity index (χ0n) is 21.8. The second-order valence-electron chi connectivity index (χ2n) is 9.98. The molecular formula is C26H52NO2P. The van der Waals surface area contributed by atoms with Gasteiger partial charge in [0.2, 0.25) is 0 Å². The van der Waals surface area contributed by atoms with E-state index in [1.54, 1.807) is 0 Å². The van der Waals surface area contributed by atoms with Crippen molar-refractivity contribution in [2.24, 2.45) is 11.8 Å². The first kappa shape index (κ1) is 29.8. The molecule has 0 aromatic carbocycles. The summed E-state index contributed by atoms with van der Waals surface area (Å²) in [4.78, 5) is 0. The molecule has 0 aliphatic heterocycles. The van der Waals surface area contributed by atoms with Gasteiger partial charge in [-0.1, -0.05) is 37.1 Å². The topological polar surface area (TPSA) is 21.7 Å².